The van der Waals surface area contributed by atoms with Crippen LogP contribution in [-0.2, 0) is 48.6 Å². The van der Waals surface area contributed by atoms with E-state index in [1.165, 1.54) is 39.5 Å². The number of halogens is 1. The van der Waals surface area contributed by atoms with Crippen molar-refractivity contribution in [1.82, 2.24) is 15.0 Å². The number of rotatable bonds is 9. The molecule has 1 aromatic heterocycles. The summed E-state index contributed by atoms with van der Waals surface area (Å²) in [6.45, 7) is 4.49. The Morgan fingerprint density at radius 1 is 0.919 bits per heavy atom. The van der Waals surface area contributed by atoms with Crippen LogP contribution in [0.15, 0.2) is 30.3 Å². The average molecular weight is 647 g/mol. The minimum atomic E-state index is -1.21. The highest BCUT2D eigenvalue weighted by Crippen LogP contribution is 2.36. The minimum Gasteiger partial charge on any atom is -0.463 e. The van der Waals surface area contributed by atoms with Gasteiger partial charge in [-0.05, 0) is 34.7 Å². The zero-order chi connectivity index (χ0) is 27.1. The van der Waals surface area contributed by atoms with Crippen molar-refractivity contribution in [1.29, 1.82) is 0 Å². The Hall–Kier alpha value is -2.72. The van der Waals surface area contributed by atoms with Gasteiger partial charge in [0.15, 0.2) is 18.3 Å². The third-order valence-corrected chi connectivity index (χ3v) is 7.24. The molecule has 0 bridgehead atoms. The molecule has 1 fully saturated rings. The van der Waals surface area contributed by atoms with Gasteiger partial charge < -0.3 is 23.7 Å². The zero-order valence-corrected chi connectivity index (χ0v) is 23.5. The molecule has 3 rings (SSSR count). The van der Waals surface area contributed by atoms with E-state index in [2.05, 4.69) is 32.9 Å². The molecule has 0 spiro atoms. The standard InChI is InChI=1S/C23H26IN3O9S/c1-12(28)32-10-18-19(33-13(2)29)20(34-14(3)30)21(35-15(4)31)23(36-18)37-11-17-22(24)27(26-25-17)16-8-6-5-7-9-16/h5-9,18-21,23H,10-11H2,1-4H3/t18-,19-,20+,21-,23+/m1/s1. The van der Waals surface area contributed by atoms with Gasteiger partial charge in [0.2, 0.25) is 0 Å². The number of carbonyl (C=O) groups is 4. The summed E-state index contributed by atoms with van der Waals surface area (Å²) in [6, 6.07) is 9.47. The molecule has 5 atom stereocenters. The number of carbonyl (C=O) groups excluding carboxylic acids is 4. The fourth-order valence-electron chi connectivity index (χ4n) is 3.61. The lowest BCUT2D eigenvalue weighted by Crippen LogP contribution is -2.61. The third-order valence-electron chi connectivity index (χ3n) is 5.01. The highest BCUT2D eigenvalue weighted by molar-refractivity contribution is 14.1. The minimum absolute atomic E-state index is 0.281. The van der Waals surface area contributed by atoms with Crippen LogP contribution in [0.25, 0.3) is 5.69 Å². The number of hydrogen-bond donors (Lipinski definition) is 0. The van der Waals surface area contributed by atoms with Crippen LogP contribution in [0.2, 0.25) is 0 Å². The third kappa shape index (κ3) is 7.88. The molecule has 0 unspecified atom stereocenters. The lowest BCUT2D eigenvalue weighted by molar-refractivity contribution is -0.237. The van der Waals surface area contributed by atoms with Crippen LogP contribution in [0.5, 0.6) is 0 Å². The smallest absolute Gasteiger partial charge is 0.303 e. The number of aromatic nitrogens is 3. The first kappa shape index (κ1) is 28.8. The van der Waals surface area contributed by atoms with Crippen molar-refractivity contribution >= 4 is 58.2 Å². The van der Waals surface area contributed by atoms with Gasteiger partial charge in [-0.3, -0.25) is 19.2 Å². The van der Waals surface area contributed by atoms with Gasteiger partial charge in [-0.2, -0.15) is 0 Å². The summed E-state index contributed by atoms with van der Waals surface area (Å²) in [5.41, 5.74) is 0.587. The van der Waals surface area contributed by atoms with Crippen LogP contribution < -0.4 is 0 Å². The molecule has 0 N–H and O–H groups in total. The molecule has 1 saturated heterocycles. The number of esters is 4. The van der Waals surface area contributed by atoms with E-state index >= 15 is 0 Å². The van der Waals surface area contributed by atoms with Gasteiger partial charge in [-0.1, -0.05) is 23.4 Å². The molecule has 0 aliphatic carbocycles. The van der Waals surface area contributed by atoms with Gasteiger partial charge in [0.25, 0.3) is 0 Å². The lowest BCUT2D eigenvalue weighted by atomic mass is 9.99. The highest BCUT2D eigenvalue weighted by Gasteiger charge is 2.52. The van der Waals surface area contributed by atoms with E-state index in [4.69, 9.17) is 23.7 Å². The van der Waals surface area contributed by atoms with Crippen molar-refractivity contribution in [3.05, 3.63) is 39.7 Å². The van der Waals surface area contributed by atoms with Gasteiger partial charge in [0.1, 0.15) is 27.5 Å². The summed E-state index contributed by atoms with van der Waals surface area (Å²) in [5.74, 6) is -2.30. The summed E-state index contributed by atoms with van der Waals surface area (Å²) >= 11 is 3.36. The summed E-state index contributed by atoms with van der Waals surface area (Å²) in [7, 11) is 0. The number of para-hydroxylation sites is 1. The van der Waals surface area contributed by atoms with Crippen LogP contribution in [0, 0.1) is 3.70 Å². The Morgan fingerprint density at radius 2 is 1.51 bits per heavy atom. The van der Waals surface area contributed by atoms with Crippen LogP contribution in [-0.4, -0.2) is 75.3 Å². The Labute approximate surface area is 230 Å². The van der Waals surface area contributed by atoms with Gasteiger partial charge in [0, 0.05) is 33.4 Å². The maximum atomic E-state index is 12.0. The predicted molar refractivity (Wildman–Crippen MR) is 137 cm³/mol. The maximum absolute atomic E-state index is 12.0. The second-order valence-electron chi connectivity index (χ2n) is 7.95. The second-order valence-corrected chi connectivity index (χ2v) is 10.1. The molecule has 1 aromatic carbocycles. The molecule has 37 heavy (non-hydrogen) atoms. The molecule has 0 saturated carbocycles. The SMILES string of the molecule is CC(=O)OC[C@H]1O[C@@H](SCc2nnn(-c3ccccc3)c2I)[C@H](OC(C)=O)[C@@H](OC(C)=O)[C@@H]1OC(C)=O. The first-order valence-corrected chi connectivity index (χ1v) is 13.3. The second kappa shape index (κ2) is 13.2. The molecule has 0 amide bonds. The average Bonchev–Trinajstić information content (AvgIpc) is 3.19. The Balaban J connectivity index is 1.89. The van der Waals surface area contributed by atoms with E-state index in [0.717, 1.165) is 9.39 Å². The molecule has 200 valence electrons. The lowest BCUT2D eigenvalue weighted by Gasteiger charge is -2.44. The summed E-state index contributed by atoms with van der Waals surface area (Å²) in [6.07, 6.45) is -4.54. The van der Waals surface area contributed by atoms with Crippen molar-refractivity contribution in [2.75, 3.05) is 6.61 Å². The zero-order valence-electron chi connectivity index (χ0n) is 20.5. The highest BCUT2D eigenvalue weighted by atomic mass is 127. The van der Waals surface area contributed by atoms with Crippen LogP contribution in [0.4, 0.5) is 0 Å². The first-order chi connectivity index (χ1) is 17.6. The number of hydrogen-bond acceptors (Lipinski definition) is 12. The molecule has 12 nitrogen and oxygen atoms in total. The summed E-state index contributed by atoms with van der Waals surface area (Å²) in [5, 5.41) is 8.48. The molecular weight excluding hydrogens is 621 g/mol. The van der Waals surface area contributed by atoms with Crippen molar-refractivity contribution in [2.24, 2.45) is 0 Å². The molecular formula is C23H26IN3O9S. The van der Waals surface area contributed by atoms with E-state index in [-0.39, 0.29) is 6.61 Å². The number of thioether (sulfide) groups is 1. The van der Waals surface area contributed by atoms with Crippen LogP contribution in [0.1, 0.15) is 33.4 Å². The molecule has 14 heteroatoms. The van der Waals surface area contributed by atoms with Crippen molar-refractivity contribution in [3.63, 3.8) is 0 Å². The van der Waals surface area contributed by atoms with E-state index in [1.54, 1.807) is 4.68 Å². The van der Waals surface area contributed by atoms with E-state index in [9.17, 15) is 19.2 Å². The Bertz CT molecular complexity index is 1130. The van der Waals surface area contributed by atoms with E-state index in [1.807, 2.05) is 30.3 Å². The summed E-state index contributed by atoms with van der Waals surface area (Å²) in [4.78, 5) is 47.2. The number of benzene rings is 1. The fraction of sp³-hybridized carbons (Fsp3) is 0.478. The van der Waals surface area contributed by atoms with Crippen molar-refractivity contribution in [2.45, 2.75) is 63.3 Å². The van der Waals surface area contributed by atoms with Crippen LogP contribution >= 0.6 is 34.4 Å². The first-order valence-electron chi connectivity index (χ1n) is 11.1. The number of ether oxygens (including phenoxy) is 5. The van der Waals surface area contributed by atoms with E-state index < -0.39 is 53.7 Å². The normalized spacial score (nSPS) is 23.1. The molecule has 1 aliphatic heterocycles. The molecule has 1 aliphatic rings. The van der Waals surface area contributed by atoms with Crippen molar-refractivity contribution in [3.8, 4) is 5.69 Å². The van der Waals surface area contributed by atoms with Gasteiger partial charge in [0.05, 0.1) is 5.69 Å². The van der Waals surface area contributed by atoms with Gasteiger partial charge >= 0.3 is 23.9 Å². The Morgan fingerprint density at radius 3 is 2.11 bits per heavy atom. The molecule has 0 radical (unpaired) electrons. The molecule has 2 aromatic rings. The largest absolute Gasteiger partial charge is 0.463 e. The topological polar surface area (TPSA) is 145 Å². The van der Waals surface area contributed by atoms with Crippen molar-refractivity contribution < 1.29 is 42.9 Å². The summed E-state index contributed by atoms with van der Waals surface area (Å²) < 4.78 is 30.0. The maximum Gasteiger partial charge on any atom is 0.303 e. The molecule has 2 heterocycles. The van der Waals surface area contributed by atoms with E-state index in [0.29, 0.717) is 11.4 Å². The number of nitrogens with zero attached hydrogens (tertiary/aromatic N) is 3. The monoisotopic (exact) mass is 647 g/mol. The van der Waals surface area contributed by atoms with Gasteiger partial charge in [-0.25, -0.2) is 4.68 Å². The Kier molecular flexibility index (Phi) is 10.3. The van der Waals surface area contributed by atoms with Crippen LogP contribution in [0.3, 0.4) is 0 Å². The quantitative estimate of drug-likeness (QED) is 0.224. The van der Waals surface area contributed by atoms with Gasteiger partial charge in [-0.15, -0.1) is 16.9 Å². The fourth-order valence-corrected chi connectivity index (χ4v) is 5.68. The predicted octanol–water partition coefficient (Wildman–Crippen LogP) is 2.19.